The number of rotatable bonds is 3. The van der Waals surface area contributed by atoms with Crippen LogP contribution >= 0.6 is 0 Å². The first-order valence-corrected chi connectivity index (χ1v) is 6.75. The molecule has 0 saturated heterocycles. The summed E-state index contributed by atoms with van der Waals surface area (Å²) in [4.78, 5) is 0. The molecule has 4 nitrogen and oxygen atoms in total. The van der Waals surface area contributed by atoms with Gasteiger partial charge in [-0.2, -0.15) is 5.10 Å². The molecule has 3 rings (SSSR count). The van der Waals surface area contributed by atoms with Crippen LogP contribution in [0.4, 0.5) is 0 Å². The molecule has 1 aliphatic heterocycles. The van der Waals surface area contributed by atoms with Crippen LogP contribution in [0.5, 0.6) is 5.75 Å². The Morgan fingerprint density at radius 2 is 2.32 bits per heavy atom. The third-order valence-electron chi connectivity index (χ3n) is 3.75. The predicted molar refractivity (Wildman–Crippen MR) is 74.4 cm³/mol. The molecule has 1 aliphatic rings. The second-order valence-electron chi connectivity index (χ2n) is 4.77. The van der Waals surface area contributed by atoms with Gasteiger partial charge in [0.25, 0.3) is 0 Å². The molecule has 2 aromatic rings. The van der Waals surface area contributed by atoms with Crippen LogP contribution in [0.2, 0.25) is 0 Å². The van der Waals surface area contributed by atoms with Crippen LogP contribution in [0.3, 0.4) is 0 Å². The van der Waals surface area contributed by atoms with E-state index in [1.165, 1.54) is 16.8 Å². The van der Waals surface area contributed by atoms with E-state index in [0.29, 0.717) is 0 Å². The smallest absolute Gasteiger partial charge is 0.119 e. The van der Waals surface area contributed by atoms with Crippen LogP contribution in [0, 0.1) is 0 Å². The lowest BCUT2D eigenvalue weighted by Gasteiger charge is -2.27. The first-order chi connectivity index (χ1) is 9.33. The summed E-state index contributed by atoms with van der Waals surface area (Å²) in [7, 11) is 1.71. The average molecular weight is 257 g/mol. The van der Waals surface area contributed by atoms with Crippen LogP contribution in [0.25, 0.3) is 0 Å². The van der Waals surface area contributed by atoms with Gasteiger partial charge in [0.05, 0.1) is 18.8 Å². The Hall–Kier alpha value is -1.81. The molecule has 19 heavy (non-hydrogen) atoms. The van der Waals surface area contributed by atoms with Gasteiger partial charge in [0.15, 0.2) is 0 Å². The van der Waals surface area contributed by atoms with Crippen LogP contribution in [0.1, 0.15) is 29.8 Å². The number of hydrogen-bond donors (Lipinski definition) is 1. The van der Waals surface area contributed by atoms with E-state index < -0.39 is 0 Å². The first-order valence-electron chi connectivity index (χ1n) is 6.75. The van der Waals surface area contributed by atoms with E-state index in [1.54, 1.807) is 7.11 Å². The summed E-state index contributed by atoms with van der Waals surface area (Å²) in [5.41, 5.74) is 3.92. The van der Waals surface area contributed by atoms with Crippen molar-refractivity contribution in [2.75, 3.05) is 13.7 Å². The first kappa shape index (κ1) is 12.2. The Morgan fingerprint density at radius 3 is 3.11 bits per heavy atom. The molecule has 1 N–H and O–H groups in total. The lowest BCUT2D eigenvalue weighted by atomic mass is 9.92. The quantitative estimate of drug-likeness (QED) is 0.915. The molecule has 0 spiro atoms. The Bertz CT molecular complexity index is 577. The summed E-state index contributed by atoms with van der Waals surface area (Å²) in [5.74, 6) is 0.912. The van der Waals surface area contributed by atoms with Gasteiger partial charge in [-0.25, -0.2) is 0 Å². The van der Waals surface area contributed by atoms with E-state index in [0.717, 1.165) is 25.3 Å². The van der Waals surface area contributed by atoms with Crippen molar-refractivity contribution in [2.45, 2.75) is 25.9 Å². The zero-order valence-corrected chi connectivity index (χ0v) is 11.4. The largest absolute Gasteiger partial charge is 0.497 e. The molecule has 2 heterocycles. The number of nitrogens with zero attached hydrogens (tertiary/aromatic N) is 2. The Labute approximate surface area is 113 Å². The Morgan fingerprint density at radius 1 is 1.42 bits per heavy atom. The molecule has 1 aromatic heterocycles. The number of benzene rings is 1. The number of ether oxygens (including phenoxy) is 1. The summed E-state index contributed by atoms with van der Waals surface area (Å²) in [5, 5.41) is 7.96. The van der Waals surface area contributed by atoms with E-state index in [9.17, 15) is 0 Å². The molecule has 4 heteroatoms. The Kier molecular flexibility index (Phi) is 3.25. The molecule has 0 bridgehead atoms. The van der Waals surface area contributed by atoms with Crippen molar-refractivity contribution in [2.24, 2.45) is 0 Å². The summed E-state index contributed by atoms with van der Waals surface area (Å²) >= 11 is 0. The number of nitrogens with one attached hydrogen (secondary N) is 1. The van der Waals surface area contributed by atoms with E-state index >= 15 is 0 Å². The molecular weight excluding hydrogens is 238 g/mol. The monoisotopic (exact) mass is 257 g/mol. The third kappa shape index (κ3) is 2.12. The molecule has 0 amide bonds. The van der Waals surface area contributed by atoms with Gasteiger partial charge in [-0.3, -0.25) is 4.68 Å². The van der Waals surface area contributed by atoms with E-state index in [1.807, 2.05) is 16.9 Å². The fourth-order valence-corrected chi connectivity index (χ4v) is 2.77. The maximum atomic E-state index is 5.35. The maximum absolute atomic E-state index is 5.35. The van der Waals surface area contributed by atoms with Crippen molar-refractivity contribution in [3.05, 3.63) is 47.3 Å². The predicted octanol–water partition coefficient (Wildman–Crippen LogP) is 2.15. The summed E-state index contributed by atoms with van der Waals surface area (Å²) < 4.78 is 7.40. The SMILES string of the molecule is CCn1nccc1C1NCCc2ccc(OC)cc21. The highest BCUT2D eigenvalue weighted by Gasteiger charge is 2.24. The van der Waals surface area contributed by atoms with Crippen molar-refractivity contribution in [1.82, 2.24) is 15.1 Å². The van der Waals surface area contributed by atoms with Crippen LogP contribution in [0.15, 0.2) is 30.5 Å². The van der Waals surface area contributed by atoms with E-state index in [-0.39, 0.29) is 6.04 Å². The van der Waals surface area contributed by atoms with Crippen molar-refractivity contribution >= 4 is 0 Å². The van der Waals surface area contributed by atoms with Crippen LogP contribution in [-0.4, -0.2) is 23.4 Å². The molecule has 0 aliphatic carbocycles. The summed E-state index contributed by atoms with van der Waals surface area (Å²) in [6.07, 6.45) is 2.94. The van der Waals surface area contributed by atoms with Gasteiger partial charge in [-0.1, -0.05) is 6.07 Å². The van der Waals surface area contributed by atoms with Crippen molar-refractivity contribution in [1.29, 1.82) is 0 Å². The Balaban J connectivity index is 2.06. The summed E-state index contributed by atoms with van der Waals surface area (Å²) in [6.45, 7) is 4.00. The van der Waals surface area contributed by atoms with Gasteiger partial charge in [-0.15, -0.1) is 0 Å². The number of aryl methyl sites for hydroxylation is 1. The fourth-order valence-electron chi connectivity index (χ4n) is 2.77. The number of fused-ring (bicyclic) bond motifs is 1. The molecule has 1 aromatic carbocycles. The highest BCUT2D eigenvalue weighted by molar-refractivity contribution is 5.42. The fraction of sp³-hybridized carbons (Fsp3) is 0.400. The number of hydrogen-bond acceptors (Lipinski definition) is 3. The molecule has 1 atom stereocenters. The molecular formula is C15H19N3O. The second kappa shape index (κ2) is 5.05. The van der Waals surface area contributed by atoms with Gasteiger partial charge >= 0.3 is 0 Å². The minimum absolute atomic E-state index is 0.210. The average Bonchev–Trinajstić information content (AvgIpc) is 2.94. The second-order valence-corrected chi connectivity index (χ2v) is 4.77. The highest BCUT2D eigenvalue weighted by atomic mass is 16.5. The van der Waals surface area contributed by atoms with Crippen molar-refractivity contribution < 1.29 is 4.74 Å². The molecule has 0 fully saturated rings. The summed E-state index contributed by atoms with van der Waals surface area (Å²) in [6, 6.07) is 8.66. The molecule has 0 radical (unpaired) electrons. The van der Waals surface area contributed by atoms with Crippen molar-refractivity contribution in [3.63, 3.8) is 0 Å². The minimum atomic E-state index is 0.210. The topological polar surface area (TPSA) is 39.1 Å². The van der Waals surface area contributed by atoms with Gasteiger partial charge in [-0.05, 0) is 42.7 Å². The zero-order chi connectivity index (χ0) is 13.2. The van der Waals surface area contributed by atoms with Crippen LogP contribution in [-0.2, 0) is 13.0 Å². The van der Waals surface area contributed by atoms with Gasteiger partial charge in [0.1, 0.15) is 5.75 Å². The normalized spacial score (nSPS) is 18.1. The zero-order valence-electron chi connectivity index (χ0n) is 11.4. The van der Waals surface area contributed by atoms with Crippen LogP contribution < -0.4 is 10.1 Å². The molecule has 1 unspecified atom stereocenters. The maximum Gasteiger partial charge on any atom is 0.119 e. The number of aromatic nitrogens is 2. The third-order valence-corrected chi connectivity index (χ3v) is 3.75. The van der Waals surface area contributed by atoms with Crippen molar-refractivity contribution in [3.8, 4) is 5.75 Å². The van der Waals surface area contributed by atoms with Gasteiger partial charge < -0.3 is 10.1 Å². The molecule has 100 valence electrons. The lowest BCUT2D eigenvalue weighted by Crippen LogP contribution is -2.32. The lowest BCUT2D eigenvalue weighted by molar-refractivity contribution is 0.412. The minimum Gasteiger partial charge on any atom is -0.497 e. The van der Waals surface area contributed by atoms with E-state index in [2.05, 4.69) is 35.5 Å². The molecule has 0 saturated carbocycles. The van der Waals surface area contributed by atoms with Gasteiger partial charge in [0, 0.05) is 19.3 Å². The van der Waals surface area contributed by atoms with E-state index in [4.69, 9.17) is 4.74 Å². The van der Waals surface area contributed by atoms with Gasteiger partial charge in [0.2, 0.25) is 0 Å². The standard InChI is InChI=1S/C15H19N3O/c1-3-18-14(7-9-17-18)15-13-10-12(19-2)5-4-11(13)6-8-16-15/h4-5,7,9-10,15-16H,3,6,8H2,1-2H3. The highest BCUT2D eigenvalue weighted by Crippen LogP contribution is 2.31. The number of methoxy groups -OCH3 is 1.